The van der Waals surface area contributed by atoms with Crippen molar-refractivity contribution in [2.75, 3.05) is 18.4 Å². The summed E-state index contributed by atoms with van der Waals surface area (Å²) in [6, 6.07) is 2.64. The zero-order chi connectivity index (χ0) is 15.8. The van der Waals surface area contributed by atoms with E-state index >= 15 is 0 Å². The van der Waals surface area contributed by atoms with Gasteiger partial charge < -0.3 is 20.4 Å². The largest absolute Gasteiger partial charge is 0.478 e. The number of hydrogen-bond donors (Lipinski definition) is 3. The third-order valence-electron chi connectivity index (χ3n) is 3.26. The second kappa shape index (κ2) is 5.94. The van der Waals surface area contributed by atoms with Crippen LogP contribution in [0.5, 0.6) is 0 Å². The maximum absolute atomic E-state index is 12.2. The van der Waals surface area contributed by atoms with Crippen LogP contribution in [0.1, 0.15) is 23.7 Å². The average Bonchev–Trinajstić information content (AvgIpc) is 2.72. The molecule has 1 fully saturated rings. The van der Waals surface area contributed by atoms with Gasteiger partial charge in [0.2, 0.25) is 0 Å². The van der Waals surface area contributed by atoms with Crippen LogP contribution < -0.4 is 5.32 Å². The molecule has 1 unspecified atom stereocenters. The minimum absolute atomic E-state index is 0.0180. The van der Waals surface area contributed by atoms with Gasteiger partial charge >= 0.3 is 12.0 Å². The first kappa shape index (κ1) is 16.3. The van der Waals surface area contributed by atoms with Gasteiger partial charge in [-0.3, -0.25) is 0 Å². The van der Waals surface area contributed by atoms with Gasteiger partial charge in [0.15, 0.2) is 0 Å². The molecule has 1 saturated heterocycles. The molecule has 2 amide bonds. The lowest BCUT2D eigenvalue weighted by Gasteiger charge is -2.20. The van der Waals surface area contributed by atoms with Crippen molar-refractivity contribution < 1.29 is 19.8 Å². The molecule has 3 N–H and O–H groups in total. The van der Waals surface area contributed by atoms with Crippen LogP contribution in [0, 0.1) is 0 Å². The van der Waals surface area contributed by atoms with Crippen LogP contribution in [0.15, 0.2) is 21.1 Å². The van der Waals surface area contributed by atoms with Crippen molar-refractivity contribution in [2.45, 2.75) is 18.9 Å². The minimum Gasteiger partial charge on any atom is -0.478 e. The van der Waals surface area contributed by atoms with E-state index in [9.17, 15) is 19.8 Å². The lowest BCUT2D eigenvalue weighted by molar-refractivity contribution is 0.0695. The van der Waals surface area contributed by atoms with E-state index in [1.807, 2.05) is 0 Å². The summed E-state index contributed by atoms with van der Waals surface area (Å²) in [4.78, 5) is 24.9. The average molecular weight is 422 g/mol. The van der Waals surface area contributed by atoms with E-state index in [2.05, 4.69) is 37.2 Å². The van der Waals surface area contributed by atoms with E-state index in [0.717, 1.165) is 0 Å². The Morgan fingerprint density at radius 1 is 1.38 bits per heavy atom. The molecule has 0 radical (unpaired) electrons. The molecule has 0 bridgehead atoms. The number of likely N-dealkylation sites (tertiary alicyclic amines) is 1. The molecule has 114 valence electrons. The van der Waals surface area contributed by atoms with Gasteiger partial charge in [-0.1, -0.05) is 15.9 Å². The molecule has 0 aromatic heterocycles. The summed E-state index contributed by atoms with van der Waals surface area (Å²) in [6.45, 7) is 2.31. The quantitative estimate of drug-likeness (QED) is 0.684. The fraction of sp³-hybridized carbons (Fsp3) is 0.385. The number of benzene rings is 1. The van der Waals surface area contributed by atoms with Gasteiger partial charge in [-0.15, -0.1) is 0 Å². The monoisotopic (exact) mass is 420 g/mol. The molecular weight excluding hydrogens is 408 g/mol. The van der Waals surface area contributed by atoms with Crippen LogP contribution >= 0.6 is 31.9 Å². The number of carbonyl (C=O) groups is 2. The summed E-state index contributed by atoms with van der Waals surface area (Å²) < 4.78 is 1.06. The summed E-state index contributed by atoms with van der Waals surface area (Å²) in [5.74, 6) is -1.14. The number of carboxylic acids is 1. The third-order valence-corrected chi connectivity index (χ3v) is 4.34. The molecule has 1 atom stereocenters. The van der Waals surface area contributed by atoms with E-state index in [1.54, 1.807) is 13.0 Å². The first-order chi connectivity index (χ1) is 9.69. The predicted molar refractivity (Wildman–Crippen MR) is 84.6 cm³/mol. The van der Waals surface area contributed by atoms with Crippen molar-refractivity contribution in [3.8, 4) is 0 Å². The number of amides is 2. The number of rotatable bonds is 2. The highest BCUT2D eigenvalue weighted by Crippen LogP contribution is 2.31. The number of anilines is 1. The second-order valence-electron chi connectivity index (χ2n) is 5.21. The SMILES string of the molecule is CC1(O)CCN(C(=O)Nc2c(Br)cc(Br)cc2C(=O)O)C1. The minimum atomic E-state index is -1.14. The zero-order valence-corrected chi connectivity index (χ0v) is 14.4. The highest BCUT2D eigenvalue weighted by atomic mass is 79.9. The number of hydrogen-bond acceptors (Lipinski definition) is 3. The van der Waals surface area contributed by atoms with Crippen molar-refractivity contribution >= 4 is 49.5 Å². The maximum Gasteiger partial charge on any atom is 0.337 e. The Bertz CT molecular complexity index is 604. The Labute approximate surface area is 138 Å². The van der Waals surface area contributed by atoms with Gasteiger partial charge in [-0.05, 0) is 41.4 Å². The first-order valence-corrected chi connectivity index (χ1v) is 7.79. The number of nitrogens with zero attached hydrogens (tertiary/aromatic N) is 1. The fourth-order valence-electron chi connectivity index (χ4n) is 2.17. The van der Waals surface area contributed by atoms with Gasteiger partial charge in [0.1, 0.15) is 0 Å². The molecule has 1 aromatic carbocycles. The van der Waals surface area contributed by atoms with Crippen LogP contribution in [0.3, 0.4) is 0 Å². The van der Waals surface area contributed by atoms with Crippen molar-refractivity contribution in [2.24, 2.45) is 0 Å². The van der Waals surface area contributed by atoms with Gasteiger partial charge in [0, 0.05) is 15.5 Å². The van der Waals surface area contributed by atoms with Gasteiger partial charge in [0.25, 0.3) is 0 Å². The summed E-state index contributed by atoms with van der Waals surface area (Å²) in [7, 11) is 0. The molecule has 2 rings (SSSR count). The van der Waals surface area contributed by atoms with Crippen LogP contribution in [0.4, 0.5) is 10.5 Å². The van der Waals surface area contributed by atoms with Crippen molar-refractivity contribution in [1.82, 2.24) is 4.90 Å². The Morgan fingerprint density at radius 3 is 2.57 bits per heavy atom. The molecule has 6 nitrogen and oxygen atoms in total. The number of β-amino-alcohol motifs (C(OH)–C–C–N with tert-alkyl or cyclic N) is 1. The molecule has 0 spiro atoms. The summed E-state index contributed by atoms with van der Waals surface area (Å²) in [5.41, 5.74) is -0.720. The fourth-order valence-corrected chi connectivity index (χ4v) is 3.50. The van der Waals surface area contributed by atoms with Gasteiger partial charge in [-0.2, -0.15) is 0 Å². The maximum atomic E-state index is 12.2. The van der Waals surface area contributed by atoms with Gasteiger partial charge in [-0.25, -0.2) is 9.59 Å². The van der Waals surface area contributed by atoms with Crippen molar-refractivity contribution in [3.05, 3.63) is 26.6 Å². The Balaban J connectivity index is 2.24. The summed E-state index contributed by atoms with van der Waals surface area (Å²) in [5, 5.41) is 21.7. The molecule has 1 aliphatic rings. The molecule has 0 saturated carbocycles. The molecule has 21 heavy (non-hydrogen) atoms. The number of aromatic carboxylic acids is 1. The second-order valence-corrected chi connectivity index (χ2v) is 6.98. The van der Waals surface area contributed by atoms with Gasteiger partial charge in [0.05, 0.1) is 23.4 Å². The molecule has 8 heteroatoms. The van der Waals surface area contributed by atoms with Crippen molar-refractivity contribution in [3.63, 3.8) is 0 Å². The highest BCUT2D eigenvalue weighted by molar-refractivity contribution is 9.11. The van der Waals surface area contributed by atoms with E-state index in [4.69, 9.17) is 0 Å². The molecule has 1 heterocycles. The predicted octanol–water partition coefficient (Wildman–Crippen LogP) is 2.90. The zero-order valence-electron chi connectivity index (χ0n) is 11.2. The molecule has 1 aliphatic heterocycles. The first-order valence-electron chi connectivity index (χ1n) is 6.20. The smallest absolute Gasteiger partial charge is 0.337 e. The van der Waals surface area contributed by atoms with E-state index in [-0.39, 0.29) is 17.8 Å². The standard InChI is InChI=1S/C13H14Br2N2O4/c1-13(21)2-3-17(6-13)12(20)16-10-8(11(18)19)4-7(14)5-9(10)15/h4-5,21H,2-3,6H2,1H3,(H,16,20)(H,18,19). The van der Waals surface area contributed by atoms with Crippen LogP contribution in [-0.4, -0.2) is 45.8 Å². The van der Waals surface area contributed by atoms with Crippen LogP contribution in [0.2, 0.25) is 0 Å². The number of aliphatic hydroxyl groups is 1. The van der Waals surface area contributed by atoms with Crippen LogP contribution in [-0.2, 0) is 0 Å². The molecular formula is C13H14Br2N2O4. The number of nitrogens with one attached hydrogen (secondary N) is 1. The number of carboxylic acid groups (broad SMARTS) is 1. The summed E-state index contributed by atoms with van der Waals surface area (Å²) >= 11 is 6.46. The normalized spacial score (nSPS) is 21.4. The van der Waals surface area contributed by atoms with Crippen LogP contribution in [0.25, 0.3) is 0 Å². The topological polar surface area (TPSA) is 89.9 Å². The van der Waals surface area contributed by atoms with E-state index < -0.39 is 17.6 Å². The lowest BCUT2D eigenvalue weighted by Crippen LogP contribution is -2.37. The number of carbonyl (C=O) groups excluding carboxylic acids is 1. The Morgan fingerprint density at radius 2 is 2.05 bits per heavy atom. The molecule has 0 aliphatic carbocycles. The van der Waals surface area contributed by atoms with E-state index in [0.29, 0.717) is 21.9 Å². The Hall–Kier alpha value is -1.12. The Kier molecular flexibility index (Phi) is 4.60. The lowest BCUT2D eigenvalue weighted by atomic mass is 10.1. The summed E-state index contributed by atoms with van der Waals surface area (Å²) in [6.07, 6.45) is 0.494. The molecule has 1 aromatic rings. The van der Waals surface area contributed by atoms with E-state index in [1.165, 1.54) is 11.0 Å². The number of halogens is 2. The third kappa shape index (κ3) is 3.75. The highest BCUT2D eigenvalue weighted by Gasteiger charge is 2.34. The van der Waals surface area contributed by atoms with Crippen molar-refractivity contribution in [1.29, 1.82) is 0 Å². The number of urea groups is 1.